The van der Waals surface area contributed by atoms with Gasteiger partial charge in [-0.2, -0.15) is 0 Å². The molecule has 0 heterocycles. The molecule has 0 aromatic heterocycles. The monoisotopic (exact) mass is 1160 g/mol. The number of rotatable bonds is 63. The largest absolute Gasteiger partial charge is 0.756 e. The number of amides is 1. The van der Waals surface area contributed by atoms with E-state index in [9.17, 15) is 19.0 Å². The van der Waals surface area contributed by atoms with Gasteiger partial charge in [0.15, 0.2) is 0 Å². The Bertz CT molecular complexity index is 1570. The molecular formula is C71H133N2O7P. The molecule has 0 radical (unpaired) electrons. The highest BCUT2D eigenvalue weighted by molar-refractivity contribution is 7.45. The number of hydrogen-bond acceptors (Lipinski definition) is 7. The van der Waals surface area contributed by atoms with Crippen molar-refractivity contribution in [2.45, 2.75) is 341 Å². The predicted molar refractivity (Wildman–Crippen MR) is 349 cm³/mol. The lowest BCUT2D eigenvalue weighted by Crippen LogP contribution is -2.47. The summed E-state index contributed by atoms with van der Waals surface area (Å²) < 4.78 is 30.4. The van der Waals surface area contributed by atoms with Gasteiger partial charge in [-0.05, 0) is 76.7 Å². The summed E-state index contributed by atoms with van der Waals surface area (Å²) in [5, 5.41) is 3.04. The fraction of sp³-hybridized carbons (Fsp3) is 0.831. The lowest BCUT2D eigenvalue weighted by atomic mass is 10.0. The number of phosphoric ester groups is 1. The van der Waals surface area contributed by atoms with Gasteiger partial charge in [0.25, 0.3) is 7.82 Å². The number of likely N-dealkylation sites (N-methyl/N-ethyl adjacent to an activating group) is 1. The summed E-state index contributed by atoms with van der Waals surface area (Å²) in [6.45, 7) is 6.85. The van der Waals surface area contributed by atoms with E-state index in [1.165, 1.54) is 218 Å². The molecule has 1 N–H and O–H groups in total. The number of nitrogens with zero attached hydrogens (tertiary/aromatic N) is 1. The van der Waals surface area contributed by atoms with Gasteiger partial charge >= 0.3 is 5.97 Å². The Morgan fingerprint density at radius 1 is 0.432 bits per heavy atom. The standard InChI is InChI=1S/C71H133N2O7P/c1-7-10-13-16-19-22-25-28-30-31-32-33-34-35-36-37-38-39-40-41-43-46-49-52-55-58-61-64-71(75)80-69(62-59-56-53-50-47-44-27-24-21-18-15-12-9-3)68(67-79-81(76,77)78-66-65-73(4,5)6)72-70(74)63-60-57-54-51-48-45-42-29-26-23-20-17-14-11-8-2/h19,22,28,30,32-33,35-36,59,62,68-69H,7-18,20-21,23-27,29,31,34,37-58,60-61,63-67H2,1-6H3,(H-,72,74,76,77)/b22-19-,30-28-,33-32-,36-35-,62-59-. The Morgan fingerprint density at radius 3 is 1.15 bits per heavy atom. The second kappa shape index (κ2) is 60.8. The predicted octanol–water partition coefficient (Wildman–Crippen LogP) is 21.2. The maximum Gasteiger partial charge on any atom is 0.306 e. The van der Waals surface area contributed by atoms with Crippen molar-refractivity contribution >= 4 is 19.7 Å². The van der Waals surface area contributed by atoms with E-state index in [-0.39, 0.29) is 31.5 Å². The van der Waals surface area contributed by atoms with Gasteiger partial charge in [-0.3, -0.25) is 14.2 Å². The number of nitrogens with one attached hydrogen (secondary N) is 1. The van der Waals surface area contributed by atoms with Crippen LogP contribution in [0.15, 0.2) is 60.8 Å². The maximum atomic E-state index is 13.6. The second-order valence-corrected chi connectivity index (χ2v) is 26.1. The molecule has 0 saturated heterocycles. The highest BCUT2D eigenvalue weighted by Crippen LogP contribution is 2.38. The maximum absolute atomic E-state index is 13.6. The van der Waals surface area contributed by atoms with Crippen LogP contribution in [0.5, 0.6) is 0 Å². The third-order valence-electron chi connectivity index (χ3n) is 15.5. The number of unbranched alkanes of at least 4 members (excludes halogenated alkanes) is 39. The first-order valence-electron chi connectivity index (χ1n) is 34.6. The van der Waals surface area contributed by atoms with Crippen LogP contribution in [0.1, 0.15) is 329 Å². The second-order valence-electron chi connectivity index (χ2n) is 24.7. The first-order valence-corrected chi connectivity index (χ1v) is 36.1. The molecular weight excluding hydrogens is 1020 g/mol. The summed E-state index contributed by atoms with van der Waals surface area (Å²) in [6.07, 6.45) is 77.6. The molecule has 0 aliphatic rings. The zero-order chi connectivity index (χ0) is 59.3. The van der Waals surface area contributed by atoms with E-state index in [4.69, 9.17) is 13.8 Å². The van der Waals surface area contributed by atoms with Gasteiger partial charge in [-0.1, -0.05) is 300 Å². The molecule has 1 amide bonds. The zero-order valence-electron chi connectivity index (χ0n) is 54.2. The minimum absolute atomic E-state index is 0.0218. The molecule has 81 heavy (non-hydrogen) atoms. The van der Waals surface area contributed by atoms with Gasteiger partial charge < -0.3 is 28.5 Å². The van der Waals surface area contributed by atoms with Crippen LogP contribution >= 0.6 is 7.82 Å². The van der Waals surface area contributed by atoms with Crippen molar-refractivity contribution in [2.75, 3.05) is 40.9 Å². The van der Waals surface area contributed by atoms with Crippen molar-refractivity contribution in [3.05, 3.63) is 60.8 Å². The Hall–Kier alpha value is -2.29. The first-order chi connectivity index (χ1) is 39.4. The van der Waals surface area contributed by atoms with E-state index in [2.05, 4.69) is 74.7 Å². The molecule has 0 bridgehead atoms. The van der Waals surface area contributed by atoms with E-state index in [0.717, 1.165) is 77.0 Å². The third kappa shape index (κ3) is 62.1. The molecule has 3 unspecified atom stereocenters. The van der Waals surface area contributed by atoms with E-state index < -0.39 is 20.0 Å². The van der Waals surface area contributed by atoms with Crippen molar-refractivity contribution in [2.24, 2.45) is 0 Å². The van der Waals surface area contributed by atoms with Gasteiger partial charge in [0, 0.05) is 12.8 Å². The Labute approximate surface area is 502 Å². The highest BCUT2D eigenvalue weighted by atomic mass is 31.2. The van der Waals surface area contributed by atoms with Crippen molar-refractivity contribution in [3.63, 3.8) is 0 Å². The van der Waals surface area contributed by atoms with Crippen molar-refractivity contribution in [1.29, 1.82) is 0 Å². The number of allylic oxidation sites excluding steroid dienone is 9. The Kier molecular flexibility index (Phi) is 59.1. The molecule has 0 saturated carbocycles. The van der Waals surface area contributed by atoms with E-state index in [0.29, 0.717) is 17.4 Å². The van der Waals surface area contributed by atoms with Crippen LogP contribution in [0.4, 0.5) is 0 Å². The first kappa shape index (κ1) is 78.7. The zero-order valence-corrected chi connectivity index (χ0v) is 55.1. The average molecular weight is 1160 g/mol. The molecule has 0 aliphatic carbocycles. The molecule has 0 spiro atoms. The summed E-state index contributed by atoms with van der Waals surface area (Å²) in [5.74, 6) is -0.531. The Morgan fingerprint density at radius 2 is 0.753 bits per heavy atom. The van der Waals surface area contributed by atoms with Crippen molar-refractivity contribution in [1.82, 2.24) is 5.32 Å². The van der Waals surface area contributed by atoms with E-state index in [1.54, 1.807) is 0 Å². The van der Waals surface area contributed by atoms with Crippen molar-refractivity contribution < 1.29 is 37.3 Å². The van der Waals surface area contributed by atoms with Crippen LogP contribution in [-0.2, 0) is 27.9 Å². The fourth-order valence-corrected chi connectivity index (χ4v) is 10.8. The number of carbonyl (C=O) groups excluding carboxylic acids is 2. The normalized spacial score (nSPS) is 13.9. The van der Waals surface area contributed by atoms with Crippen molar-refractivity contribution in [3.8, 4) is 0 Å². The molecule has 3 atom stereocenters. The smallest absolute Gasteiger partial charge is 0.306 e. The quantitative estimate of drug-likeness (QED) is 0.0212. The molecule has 0 fully saturated rings. The highest BCUT2D eigenvalue weighted by Gasteiger charge is 2.27. The van der Waals surface area contributed by atoms with Crippen LogP contribution in [0, 0.1) is 0 Å². The Balaban J connectivity index is 5.07. The molecule has 0 aliphatic heterocycles. The van der Waals surface area contributed by atoms with Crippen LogP contribution in [0.25, 0.3) is 0 Å². The van der Waals surface area contributed by atoms with E-state index >= 15 is 0 Å². The van der Waals surface area contributed by atoms with Crippen LogP contribution in [0.2, 0.25) is 0 Å². The van der Waals surface area contributed by atoms with Crippen LogP contribution in [-0.4, -0.2) is 69.4 Å². The van der Waals surface area contributed by atoms with Gasteiger partial charge in [0.2, 0.25) is 5.91 Å². The summed E-state index contributed by atoms with van der Waals surface area (Å²) in [6, 6.07) is -0.888. The summed E-state index contributed by atoms with van der Waals surface area (Å²) in [5.41, 5.74) is 0. The molecule has 0 aromatic rings. The van der Waals surface area contributed by atoms with Gasteiger partial charge in [-0.15, -0.1) is 0 Å². The minimum Gasteiger partial charge on any atom is -0.756 e. The summed E-state index contributed by atoms with van der Waals surface area (Å²) in [4.78, 5) is 40.1. The minimum atomic E-state index is -4.70. The van der Waals surface area contributed by atoms with Gasteiger partial charge in [-0.25, -0.2) is 0 Å². The number of phosphoric acid groups is 1. The van der Waals surface area contributed by atoms with E-state index in [1.807, 2.05) is 33.3 Å². The average Bonchev–Trinajstić information content (AvgIpc) is 3.44. The molecule has 0 aromatic carbocycles. The number of hydrogen-bond donors (Lipinski definition) is 1. The number of carbonyl (C=O) groups is 2. The molecule has 474 valence electrons. The summed E-state index contributed by atoms with van der Waals surface area (Å²) >= 11 is 0. The van der Waals surface area contributed by atoms with Crippen LogP contribution < -0.4 is 10.2 Å². The topological polar surface area (TPSA) is 114 Å². The fourth-order valence-electron chi connectivity index (χ4n) is 10.1. The van der Waals surface area contributed by atoms with Gasteiger partial charge in [0.05, 0.1) is 33.8 Å². The number of ether oxygens (including phenoxy) is 1. The lowest BCUT2D eigenvalue weighted by Gasteiger charge is -2.30. The number of esters is 1. The number of quaternary nitrogens is 1. The molecule has 0 rings (SSSR count). The SMILES string of the molecule is CCCCC/C=C\C/C=C\C/C=C\C/C=C\CCCCCCCCCCCCCC(=O)OC(/C=C\CCCCCCCCCCCCC)C(COP(=O)([O-])OCC[N+](C)(C)C)NC(=O)CCCCCCCCCCCCCCCCC. The third-order valence-corrected chi connectivity index (χ3v) is 16.4. The van der Waals surface area contributed by atoms with Gasteiger partial charge in [0.1, 0.15) is 19.3 Å². The lowest BCUT2D eigenvalue weighted by molar-refractivity contribution is -0.870. The molecule has 9 nitrogen and oxygen atoms in total. The van der Waals surface area contributed by atoms with Crippen LogP contribution in [0.3, 0.4) is 0 Å². The summed E-state index contributed by atoms with van der Waals surface area (Å²) in [7, 11) is 1.19. The molecule has 10 heteroatoms.